The standard InChI is InChI=1S/C11H19N5O/c1-2-3-13-9-6-10(16-11(12)15-9)14-7-4-8(17)5-7/h6-8,17H,2-5H2,1H3,(H4,12,13,14,15,16). The maximum Gasteiger partial charge on any atom is 0.223 e. The van der Waals surface area contributed by atoms with Crippen molar-refractivity contribution in [2.45, 2.75) is 38.3 Å². The summed E-state index contributed by atoms with van der Waals surface area (Å²) in [5, 5.41) is 15.6. The molecule has 0 radical (unpaired) electrons. The Balaban J connectivity index is 1.98. The number of aliphatic hydroxyl groups excluding tert-OH is 1. The summed E-state index contributed by atoms with van der Waals surface area (Å²) in [6, 6.07) is 2.13. The summed E-state index contributed by atoms with van der Waals surface area (Å²) < 4.78 is 0. The van der Waals surface area contributed by atoms with Gasteiger partial charge in [-0.2, -0.15) is 9.97 Å². The van der Waals surface area contributed by atoms with Gasteiger partial charge in [0.05, 0.1) is 6.10 Å². The second-order valence-electron chi connectivity index (χ2n) is 4.39. The first-order chi connectivity index (χ1) is 8.17. The Morgan fingerprint density at radius 3 is 2.76 bits per heavy atom. The molecule has 0 spiro atoms. The van der Waals surface area contributed by atoms with Crippen molar-refractivity contribution < 1.29 is 5.11 Å². The number of aliphatic hydroxyl groups is 1. The molecule has 1 saturated carbocycles. The van der Waals surface area contributed by atoms with Crippen molar-refractivity contribution in [3.05, 3.63) is 6.07 Å². The summed E-state index contributed by atoms with van der Waals surface area (Å²) in [6.07, 6.45) is 2.38. The molecule has 0 bridgehead atoms. The summed E-state index contributed by atoms with van der Waals surface area (Å²) in [6.45, 7) is 2.95. The van der Waals surface area contributed by atoms with Gasteiger partial charge in [0.15, 0.2) is 0 Å². The molecule has 1 aliphatic carbocycles. The Morgan fingerprint density at radius 1 is 1.41 bits per heavy atom. The smallest absolute Gasteiger partial charge is 0.223 e. The number of hydrogen-bond acceptors (Lipinski definition) is 6. The maximum absolute atomic E-state index is 9.21. The molecular weight excluding hydrogens is 218 g/mol. The van der Waals surface area contributed by atoms with Gasteiger partial charge in [0.2, 0.25) is 5.95 Å². The van der Waals surface area contributed by atoms with Crippen LogP contribution in [-0.2, 0) is 0 Å². The van der Waals surface area contributed by atoms with Gasteiger partial charge in [-0.1, -0.05) is 6.92 Å². The second-order valence-corrected chi connectivity index (χ2v) is 4.39. The quantitative estimate of drug-likeness (QED) is 0.605. The van der Waals surface area contributed by atoms with E-state index in [2.05, 4.69) is 27.5 Å². The highest BCUT2D eigenvalue weighted by Crippen LogP contribution is 2.24. The van der Waals surface area contributed by atoms with Crippen molar-refractivity contribution in [2.24, 2.45) is 0 Å². The molecule has 0 atom stereocenters. The molecule has 0 unspecified atom stereocenters. The van der Waals surface area contributed by atoms with Gasteiger partial charge in [0, 0.05) is 18.7 Å². The number of nitrogens with two attached hydrogens (primary N) is 1. The highest BCUT2D eigenvalue weighted by Gasteiger charge is 2.27. The molecule has 1 aromatic heterocycles. The molecule has 2 rings (SSSR count). The average Bonchev–Trinajstić information content (AvgIpc) is 2.23. The lowest BCUT2D eigenvalue weighted by Gasteiger charge is -2.32. The Kier molecular flexibility index (Phi) is 3.63. The average molecular weight is 237 g/mol. The topological polar surface area (TPSA) is 96.1 Å². The SMILES string of the molecule is CCCNc1cc(NC2CC(O)C2)nc(N)n1. The lowest BCUT2D eigenvalue weighted by atomic mass is 9.89. The van der Waals surface area contributed by atoms with E-state index in [1.165, 1.54) is 0 Å². The molecule has 0 amide bonds. The first kappa shape index (κ1) is 11.9. The summed E-state index contributed by atoms with van der Waals surface area (Å²) in [4.78, 5) is 8.23. The molecule has 0 aliphatic heterocycles. The van der Waals surface area contributed by atoms with Crippen LogP contribution in [0.1, 0.15) is 26.2 Å². The Morgan fingerprint density at radius 2 is 2.12 bits per heavy atom. The molecule has 1 fully saturated rings. The van der Waals surface area contributed by atoms with Crippen molar-refractivity contribution in [1.29, 1.82) is 0 Å². The van der Waals surface area contributed by atoms with Crippen LogP contribution in [0.15, 0.2) is 6.07 Å². The van der Waals surface area contributed by atoms with Gasteiger partial charge >= 0.3 is 0 Å². The molecule has 6 nitrogen and oxygen atoms in total. The van der Waals surface area contributed by atoms with E-state index in [-0.39, 0.29) is 12.1 Å². The largest absolute Gasteiger partial charge is 0.393 e. The molecule has 1 aliphatic rings. The van der Waals surface area contributed by atoms with Crippen LogP contribution in [0.5, 0.6) is 0 Å². The summed E-state index contributed by atoms with van der Waals surface area (Å²) in [5.74, 6) is 1.71. The molecule has 0 aromatic carbocycles. The number of nitrogens with one attached hydrogen (secondary N) is 2. The van der Waals surface area contributed by atoms with E-state index in [9.17, 15) is 5.11 Å². The summed E-state index contributed by atoms with van der Waals surface area (Å²) in [7, 11) is 0. The molecule has 0 saturated heterocycles. The monoisotopic (exact) mass is 237 g/mol. The normalized spacial score (nSPS) is 22.9. The minimum atomic E-state index is -0.177. The van der Waals surface area contributed by atoms with Crippen LogP contribution < -0.4 is 16.4 Å². The molecule has 94 valence electrons. The van der Waals surface area contributed by atoms with Crippen LogP contribution >= 0.6 is 0 Å². The van der Waals surface area contributed by atoms with Crippen LogP contribution in [-0.4, -0.2) is 33.8 Å². The zero-order valence-electron chi connectivity index (χ0n) is 9.98. The number of anilines is 3. The number of rotatable bonds is 5. The predicted octanol–water partition coefficient (Wildman–Crippen LogP) is 0.816. The van der Waals surface area contributed by atoms with Crippen LogP contribution in [0, 0.1) is 0 Å². The zero-order chi connectivity index (χ0) is 12.3. The van der Waals surface area contributed by atoms with Gasteiger partial charge in [-0.3, -0.25) is 0 Å². The van der Waals surface area contributed by atoms with E-state index in [0.29, 0.717) is 11.9 Å². The third-order valence-electron chi connectivity index (χ3n) is 2.76. The molecule has 17 heavy (non-hydrogen) atoms. The van der Waals surface area contributed by atoms with E-state index in [1.807, 2.05) is 6.07 Å². The third-order valence-corrected chi connectivity index (χ3v) is 2.76. The first-order valence-electron chi connectivity index (χ1n) is 6.00. The second kappa shape index (κ2) is 5.18. The zero-order valence-corrected chi connectivity index (χ0v) is 9.98. The fraction of sp³-hybridized carbons (Fsp3) is 0.636. The van der Waals surface area contributed by atoms with Crippen molar-refractivity contribution in [3.8, 4) is 0 Å². The summed E-state index contributed by atoms with van der Waals surface area (Å²) >= 11 is 0. The molecule has 5 N–H and O–H groups in total. The highest BCUT2D eigenvalue weighted by molar-refractivity contribution is 5.51. The van der Waals surface area contributed by atoms with Crippen LogP contribution in [0.2, 0.25) is 0 Å². The van der Waals surface area contributed by atoms with Gasteiger partial charge in [-0.05, 0) is 19.3 Å². The minimum Gasteiger partial charge on any atom is -0.393 e. The lowest BCUT2D eigenvalue weighted by Crippen LogP contribution is -2.39. The van der Waals surface area contributed by atoms with E-state index in [4.69, 9.17) is 5.73 Å². The van der Waals surface area contributed by atoms with Crippen molar-refractivity contribution >= 4 is 17.6 Å². The molecule has 6 heteroatoms. The Hall–Kier alpha value is -1.56. The van der Waals surface area contributed by atoms with E-state index < -0.39 is 0 Å². The van der Waals surface area contributed by atoms with Crippen molar-refractivity contribution in [2.75, 3.05) is 22.9 Å². The van der Waals surface area contributed by atoms with Crippen LogP contribution in [0.4, 0.5) is 17.6 Å². The van der Waals surface area contributed by atoms with Gasteiger partial charge in [-0.25, -0.2) is 0 Å². The maximum atomic E-state index is 9.21. The number of aromatic nitrogens is 2. The predicted molar refractivity (Wildman–Crippen MR) is 67.9 cm³/mol. The van der Waals surface area contributed by atoms with E-state index >= 15 is 0 Å². The third kappa shape index (κ3) is 3.20. The minimum absolute atomic E-state index is 0.177. The van der Waals surface area contributed by atoms with Crippen LogP contribution in [0.3, 0.4) is 0 Å². The van der Waals surface area contributed by atoms with Crippen LogP contribution in [0.25, 0.3) is 0 Å². The Bertz CT molecular complexity index is 378. The van der Waals surface area contributed by atoms with Crippen molar-refractivity contribution in [3.63, 3.8) is 0 Å². The fourth-order valence-electron chi connectivity index (χ4n) is 1.80. The van der Waals surface area contributed by atoms with Gasteiger partial charge in [0.1, 0.15) is 11.6 Å². The fourth-order valence-corrected chi connectivity index (χ4v) is 1.80. The molecule has 1 heterocycles. The van der Waals surface area contributed by atoms with Gasteiger partial charge in [-0.15, -0.1) is 0 Å². The van der Waals surface area contributed by atoms with Gasteiger partial charge in [0.25, 0.3) is 0 Å². The lowest BCUT2D eigenvalue weighted by molar-refractivity contribution is 0.0835. The first-order valence-corrected chi connectivity index (χ1v) is 6.00. The molecular formula is C11H19N5O. The number of hydrogen-bond donors (Lipinski definition) is 4. The van der Waals surface area contributed by atoms with E-state index in [1.54, 1.807) is 0 Å². The highest BCUT2D eigenvalue weighted by atomic mass is 16.3. The van der Waals surface area contributed by atoms with Gasteiger partial charge < -0.3 is 21.5 Å². The van der Waals surface area contributed by atoms with E-state index in [0.717, 1.165) is 31.6 Å². The number of nitrogens with zero attached hydrogens (tertiary/aromatic N) is 2. The molecule has 1 aromatic rings. The van der Waals surface area contributed by atoms with Crippen molar-refractivity contribution in [1.82, 2.24) is 9.97 Å². The Labute approximate surface area is 101 Å². The summed E-state index contributed by atoms with van der Waals surface area (Å²) in [5.41, 5.74) is 5.64. The number of nitrogen functional groups attached to an aromatic ring is 1.